The Kier molecular flexibility index (Phi) is 6.63. The second-order valence-corrected chi connectivity index (χ2v) is 4.15. The Balaban J connectivity index is 3.01. The first-order chi connectivity index (χ1) is 8.69. The summed E-state index contributed by atoms with van der Waals surface area (Å²) in [5.41, 5.74) is 0.897. The first kappa shape index (κ1) is 15.4. The number of hydrogen-bond acceptors (Lipinski definition) is 4. The molecule has 0 spiro atoms. The van der Waals surface area contributed by atoms with Gasteiger partial charge in [0.25, 0.3) is 0 Å². The molecule has 0 aliphatic rings. The Hall–Kier alpha value is -0.620. The van der Waals surface area contributed by atoms with Crippen LogP contribution < -0.4 is 5.32 Å². The normalized spacial score (nSPS) is 13.2. The summed E-state index contributed by atoms with van der Waals surface area (Å²) in [7, 11) is 1.86. The van der Waals surface area contributed by atoms with E-state index in [0.717, 1.165) is 12.2 Å². The van der Waals surface area contributed by atoms with Gasteiger partial charge in [0.1, 0.15) is 6.04 Å². The van der Waals surface area contributed by atoms with Gasteiger partial charge in [-0.15, -0.1) is 0 Å². The van der Waals surface area contributed by atoms with Crippen LogP contribution in [0.1, 0.15) is 32.5 Å². The van der Waals surface area contributed by atoms with Gasteiger partial charge in [-0.25, -0.2) is 0 Å². The number of rotatable bonds is 8. The third-order valence-electron chi connectivity index (χ3n) is 2.67. The van der Waals surface area contributed by atoms with Crippen molar-refractivity contribution in [3.63, 3.8) is 0 Å². The largest absolute Gasteiger partial charge is 0.351 e. The highest BCUT2D eigenvalue weighted by Crippen LogP contribution is 2.27. The minimum atomic E-state index is -0.371. The summed E-state index contributed by atoms with van der Waals surface area (Å²) in [6.07, 6.45) is 1.28. The van der Waals surface area contributed by atoms with Crippen molar-refractivity contribution in [1.29, 1.82) is 0 Å². The van der Waals surface area contributed by atoms with Gasteiger partial charge in [0.2, 0.25) is 0 Å². The number of nitrogens with zero attached hydrogens (tertiary/aromatic N) is 2. The number of aryl methyl sites for hydroxylation is 1. The highest BCUT2D eigenvalue weighted by molar-refractivity contribution is 6.31. The van der Waals surface area contributed by atoms with Gasteiger partial charge >= 0.3 is 0 Å². The number of halogens is 1. The molecule has 0 bridgehead atoms. The zero-order chi connectivity index (χ0) is 13.5. The van der Waals surface area contributed by atoms with Crippen LogP contribution in [0.25, 0.3) is 0 Å². The maximum Gasteiger partial charge on any atom is 0.178 e. The third-order valence-corrected chi connectivity index (χ3v) is 2.96. The molecule has 6 heteroatoms. The van der Waals surface area contributed by atoms with Crippen LogP contribution in [0.5, 0.6) is 0 Å². The molecule has 0 aliphatic heterocycles. The van der Waals surface area contributed by atoms with Gasteiger partial charge in [0.05, 0.1) is 16.9 Å². The Morgan fingerprint density at radius 3 is 2.39 bits per heavy atom. The molecular formula is C12H22ClN3O2. The zero-order valence-corrected chi connectivity index (χ0v) is 12.2. The standard InChI is InChI=1S/C12H22ClN3O2/c1-5-16-11(9(13)8-15-16)10(14-4)12(17-6-2)18-7-3/h8,10,12,14H,5-7H2,1-4H3. The second-order valence-electron chi connectivity index (χ2n) is 3.74. The molecular weight excluding hydrogens is 254 g/mol. The van der Waals surface area contributed by atoms with Crippen LogP contribution >= 0.6 is 11.6 Å². The van der Waals surface area contributed by atoms with E-state index in [9.17, 15) is 0 Å². The first-order valence-corrected chi connectivity index (χ1v) is 6.68. The fourth-order valence-corrected chi connectivity index (χ4v) is 2.16. The van der Waals surface area contributed by atoms with E-state index in [4.69, 9.17) is 21.1 Å². The lowest BCUT2D eigenvalue weighted by atomic mass is 10.2. The van der Waals surface area contributed by atoms with E-state index in [1.807, 2.05) is 32.5 Å². The Morgan fingerprint density at radius 1 is 1.33 bits per heavy atom. The van der Waals surface area contributed by atoms with Gasteiger partial charge in [0, 0.05) is 19.8 Å². The predicted molar refractivity (Wildman–Crippen MR) is 71.8 cm³/mol. The molecule has 1 N–H and O–H groups in total. The molecule has 0 radical (unpaired) electrons. The molecule has 18 heavy (non-hydrogen) atoms. The minimum Gasteiger partial charge on any atom is -0.351 e. The minimum absolute atomic E-state index is 0.139. The molecule has 0 aliphatic carbocycles. The number of nitrogens with one attached hydrogen (secondary N) is 1. The smallest absolute Gasteiger partial charge is 0.178 e. The SMILES string of the molecule is CCOC(OCC)C(NC)c1c(Cl)cnn1CC. The molecule has 0 amide bonds. The highest BCUT2D eigenvalue weighted by Gasteiger charge is 2.28. The second kappa shape index (κ2) is 7.74. The van der Waals surface area contributed by atoms with Crippen LogP contribution in [0.15, 0.2) is 6.20 Å². The number of hydrogen-bond donors (Lipinski definition) is 1. The van der Waals surface area contributed by atoms with E-state index in [2.05, 4.69) is 10.4 Å². The lowest BCUT2D eigenvalue weighted by molar-refractivity contribution is -0.155. The molecule has 104 valence electrons. The van der Waals surface area contributed by atoms with Crippen molar-refractivity contribution in [2.45, 2.75) is 39.6 Å². The van der Waals surface area contributed by atoms with E-state index in [1.54, 1.807) is 6.20 Å². The van der Waals surface area contributed by atoms with Gasteiger partial charge in [-0.05, 0) is 27.8 Å². The summed E-state index contributed by atoms with van der Waals surface area (Å²) in [5.74, 6) is 0. The fraction of sp³-hybridized carbons (Fsp3) is 0.750. The van der Waals surface area contributed by atoms with Crippen molar-refractivity contribution in [1.82, 2.24) is 15.1 Å². The molecule has 1 atom stereocenters. The van der Waals surface area contributed by atoms with Gasteiger partial charge in [-0.2, -0.15) is 5.10 Å². The van der Waals surface area contributed by atoms with Crippen molar-refractivity contribution >= 4 is 11.6 Å². The van der Waals surface area contributed by atoms with Crippen LogP contribution in [0.4, 0.5) is 0 Å². The topological polar surface area (TPSA) is 48.3 Å². The molecule has 5 nitrogen and oxygen atoms in total. The summed E-state index contributed by atoms with van der Waals surface area (Å²) < 4.78 is 13.1. The van der Waals surface area contributed by atoms with Crippen LogP contribution in [0.3, 0.4) is 0 Å². The molecule has 1 heterocycles. The molecule has 1 rings (SSSR count). The van der Waals surface area contributed by atoms with Crippen LogP contribution in [-0.2, 0) is 16.0 Å². The lowest BCUT2D eigenvalue weighted by Crippen LogP contribution is -2.35. The number of likely N-dealkylation sites (N-methyl/N-ethyl adjacent to an activating group) is 1. The van der Waals surface area contributed by atoms with Crippen molar-refractivity contribution in [3.05, 3.63) is 16.9 Å². The summed E-state index contributed by atoms with van der Waals surface area (Å²) >= 11 is 6.21. The quantitative estimate of drug-likeness (QED) is 0.739. The molecule has 1 aromatic heterocycles. The Morgan fingerprint density at radius 2 is 1.94 bits per heavy atom. The average Bonchev–Trinajstić information content (AvgIpc) is 2.73. The highest BCUT2D eigenvalue weighted by atomic mass is 35.5. The van der Waals surface area contributed by atoms with E-state index in [-0.39, 0.29) is 12.3 Å². The monoisotopic (exact) mass is 275 g/mol. The molecule has 1 unspecified atom stereocenters. The molecule has 0 fully saturated rings. The first-order valence-electron chi connectivity index (χ1n) is 6.31. The summed E-state index contributed by atoms with van der Waals surface area (Å²) in [6.45, 7) is 7.83. The van der Waals surface area contributed by atoms with Crippen molar-refractivity contribution in [2.75, 3.05) is 20.3 Å². The summed E-state index contributed by atoms with van der Waals surface area (Å²) in [5, 5.41) is 8.06. The molecule has 0 aromatic carbocycles. The van der Waals surface area contributed by atoms with Crippen molar-refractivity contribution < 1.29 is 9.47 Å². The Bertz CT molecular complexity index is 351. The number of ether oxygens (including phenoxy) is 2. The molecule has 1 aromatic rings. The maximum absolute atomic E-state index is 6.21. The average molecular weight is 276 g/mol. The van der Waals surface area contributed by atoms with Crippen LogP contribution in [0, 0.1) is 0 Å². The Labute approximate surface area is 113 Å². The van der Waals surface area contributed by atoms with E-state index >= 15 is 0 Å². The lowest BCUT2D eigenvalue weighted by Gasteiger charge is -2.27. The van der Waals surface area contributed by atoms with E-state index in [1.165, 1.54) is 0 Å². The fourth-order valence-electron chi connectivity index (χ4n) is 1.90. The van der Waals surface area contributed by atoms with E-state index in [0.29, 0.717) is 18.2 Å². The molecule has 0 saturated heterocycles. The van der Waals surface area contributed by atoms with Gasteiger partial charge in [-0.3, -0.25) is 4.68 Å². The summed E-state index contributed by atoms with van der Waals surface area (Å²) in [6, 6.07) is -0.139. The molecule has 0 saturated carbocycles. The van der Waals surface area contributed by atoms with Crippen LogP contribution in [-0.4, -0.2) is 36.3 Å². The van der Waals surface area contributed by atoms with Gasteiger partial charge in [-0.1, -0.05) is 11.6 Å². The van der Waals surface area contributed by atoms with Gasteiger partial charge < -0.3 is 14.8 Å². The van der Waals surface area contributed by atoms with Crippen molar-refractivity contribution in [3.8, 4) is 0 Å². The van der Waals surface area contributed by atoms with Gasteiger partial charge in [0.15, 0.2) is 6.29 Å². The van der Waals surface area contributed by atoms with E-state index < -0.39 is 0 Å². The zero-order valence-electron chi connectivity index (χ0n) is 11.4. The van der Waals surface area contributed by atoms with Crippen LogP contribution in [0.2, 0.25) is 5.02 Å². The predicted octanol–water partition coefficient (Wildman–Crippen LogP) is 2.22. The maximum atomic E-state index is 6.21. The summed E-state index contributed by atoms with van der Waals surface area (Å²) in [4.78, 5) is 0. The number of aromatic nitrogens is 2. The van der Waals surface area contributed by atoms with Crippen molar-refractivity contribution in [2.24, 2.45) is 0 Å². The third kappa shape index (κ3) is 3.45.